The summed E-state index contributed by atoms with van der Waals surface area (Å²) in [7, 11) is -3.70. The molecule has 0 fully saturated rings. The molecule has 0 aliphatic heterocycles. The van der Waals surface area contributed by atoms with Crippen LogP contribution in [-0.4, -0.2) is 20.9 Å². The largest absolute Gasteiger partial charge is 0.351 e. The van der Waals surface area contributed by atoms with Crippen LogP contribution in [0.1, 0.15) is 16.7 Å². The molecule has 2 rings (SSSR count). The van der Waals surface area contributed by atoms with Gasteiger partial charge in [-0.3, -0.25) is 4.79 Å². The van der Waals surface area contributed by atoms with Crippen molar-refractivity contribution in [1.29, 1.82) is 0 Å². The second kappa shape index (κ2) is 7.39. The van der Waals surface area contributed by atoms with Gasteiger partial charge in [-0.15, -0.1) is 0 Å². The number of rotatable bonds is 6. The first-order chi connectivity index (χ1) is 10.9. The fraction of sp³-hybridized carbons (Fsp3) is 0.235. The highest BCUT2D eigenvalue weighted by Crippen LogP contribution is 2.16. The highest BCUT2D eigenvalue weighted by atomic mass is 32.2. The number of hydrogen-bond donors (Lipinski definition) is 2. The number of benzene rings is 2. The molecule has 0 saturated carbocycles. The highest BCUT2D eigenvalue weighted by Gasteiger charge is 2.17. The number of nitrogens with one attached hydrogen (secondary N) is 2. The van der Waals surface area contributed by atoms with Crippen molar-refractivity contribution >= 4 is 15.9 Å². The SMILES string of the molecule is Cc1ccc(C)c(S(=O)(=O)NCC(=O)NCc2ccccc2)c1. The van der Waals surface area contributed by atoms with Crippen molar-refractivity contribution < 1.29 is 13.2 Å². The maximum absolute atomic E-state index is 12.3. The summed E-state index contributed by atoms with van der Waals surface area (Å²) >= 11 is 0. The van der Waals surface area contributed by atoms with E-state index < -0.39 is 10.0 Å². The number of sulfonamides is 1. The van der Waals surface area contributed by atoms with Crippen LogP contribution in [0.4, 0.5) is 0 Å². The molecule has 0 atom stereocenters. The van der Waals surface area contributed by atoms with Gasteiger partial charge in [-0.25, -0.2) is 13.1 Å². The maximum atomic E-state index is 12.3. The molecule has 0 radical (unpaired) electrons. The van der Waals surface area contributed by atoms with Crippen LogP contribution < -0.4 is 10.0 Å². The van der Waals surface area contributed by atoms with Crippen molar-refractivity contribution in [2.45, 2.75) is 25.3 Å². The predicted octanol–water partition coefficient (Wildman–Crippen LogP) is 1.90. The molecule has 1 amide bonds. The van der Waals surface area contributed by atoms with E-state index in [4.69, 9.17) is 0 Å². The van der Waals surface area contributed by atoms with Crippen LogP contribution in [0.25, 0.3) is 0 Å². The third-order valence-electron chi connectivity index (χ3n) is 3.39. The van der Waals surface area contributed by atoms with Gasteiger partial charge in [0.05, 0.1) is 11.4 Å². The Balaban J connectivity index is 1.94. The summed E-state index contributed by atoms with van der Waals surface area (Å²) in [6.07, 6.45) is 0. The average molecular weight is 332 g/mol. The van der Waals surface area contributed by atoms with E-state index in [0.717, 1.165) is 11.1 Å². The second-order valence-electron chi connectivity index (χ2n) is 5.36. The third-order valence-corrected chi connectivity index (χ3v) is 4.93. The first kappa shape index (κ1) is 17.2. The Morgan fingerprint density at radius 1 is 1.04 bits per heavy atom. The summed E-state index contributed by atoms with van der Waals surface area (Å²) in [5.41, 5.74) is 2.45. The van der Waals surface area contributed by atoms with Crippen molar-refractivity contribution in [3.8, 4) is 0 Å². The van der Waals surface area contributed by atoms with Crippen molar-refractivity contribution in [3.63, 3.8) is 0 Å². The normalized spacial score (nSPS) is 11.2. The lowest BCUT2D eigenvalue weighted by Crippen LogP contribution is -2.36. The van der Waals surface area contributed by atoms with Gasteiger partial charge in [0.15, 0.2) is 0 Å². The zero-order valence-electron chi connectivity index (χ0n) is 13.2. The average Bonchev–Trinajstić information content (AvgIpc) is 2.54. The van der Waals surface area contributed by atoms with Crippen molar-refractivity contribution in [3.05, 3.63) is 65.2 Å². The Morgan fingerprint density at radius 2 is 1.74 bits per heavy atom. The molecule has 2 aromatic rings. The summed E-state index contributed by atoms with van der Waals surface area (Å²) in [6, 6.07) is 14.6. The van der Waals surface area contributed by atoms with E-state index in [1.807, 2.05) is 43.3 Å². The molecule has 0 saturated heterocycles. The minimum absolute atomic E-state index is 0.202. The summed E-state index contributed by atoms with van der Waals surface area (Å²) in [5.74, 6) is -0.372. The van der Waals surface area contributed by atoms with Gasteiger partial charge in [0.1, 0.15) is 0 Å². The monoisotopic (exact) mass is 332 g/mol. The fourth-order valence-electron chi connectivity index (χ4n) is 2.09. The topological polar surface area (TPSA) is 75.3 Å². The quantitative estimate of drug-likeness (QED) is 0.848. The molecule has 0 aliphatic carbocycles. The molecule has 2 N–H and O–H groups in total. The fourth-order valence-corrected chi connectivity index (χ4v) is 3.40. The Hall–Kier alpha value is -2.18. The summed E-state index contributed by atoms with van der Waals surface area (Å²) < 4.78 is 26.9. The number of carbonyl (C=O) groups excluding carboxylic acids is 1. The molecule has 0 aliphatic rings. The summed E-state index contributed by atoms with van der Waals surface area (Å²) in [4.78, 5) is 12.0. The minimum Gasteiger partial charge on any atom is -0.351 e. The number of carbonyl (C=O) groups is 1. The standard InChI is InChI=1S/C17H20N2O3S/c1-13-8-9-14(2)16(10-13)23(21,22)19-12-17(20)18-11-15-6-4-3-5-7-15/h3-10,19H,11-12H2,1-2H3,(H,18,20). The van der Waals surface area contributed by atoms with Gasteiger partial charge in [0, 0.05) is 6.54 Å². The van der Waals surface area contributed by atoms with E-state index in [-0.39, 0.29) is 17.3 Å². The molecule has 122 valence electrons. The molecule has 5 nitrogen and oxygen atoms in total. The second-order valence-corrected chi connectivity index (χ2v) is 7.09. The highest BCUT2D eigenvalue weighted by molar-refractivity contribution is 7.89. The number of hydrogen-bond acceptors (Lipinski definition) is 3. The lowest BCUT2D eigenvalue weighted by molar-refractivity contribution is -0.120. The molecule has 0 heterocycles. The van der Waals surface area contributed by atoms with Gasteiger partial charge in [-0.2, -0.15) is 0 Å². The number of aryl methyl sites for hydroxylation is 2. The van der Waals surface area contributed by atoms with Gasteiger partial charge >= 0.3 is 0 Å². The van der Waals surface area contributed by atoms with Crippen LogP contribution in [0.3, 0.4) is 0 Å². The molecule has 0 unspecified atom stereocenters. The molecular weight excluding hydrogens is 312 g/mol. The van der Waals surface area contributed by atoms with E-state index >= 15 is 0 Å². The van der Waals surface area contributed by atoms with Crippen LogP contribution in [0, 0.1) is 13.8 Å². The lowest BCUT2D eigenvalue weighted by atomic mass is 10.2. The van der Waals surface area contributed by atoms with Crippen LogP contribution >= 0.6 is 0 Å². The Morgan fingerprint density at radius 3 is 2.43 bits per heavy atom. The molecule has 23 heavy (non-hydrogen) atoms. The van der Waals surface area contributed by atoms with Crippen LogP contribution in [0.5, 0.6) is 0 Å². The minimum atomic E-state index is -3.70. The Kier molecular flexibility index (Phi) is 5.52. The molecule has 0 bridgehead atoms. The zero-order chi connectivity index (χ0) is 16.9. The molecule has 6 heteroatoms. The van der Waals surface area contributed by atoms with Gasteiger partial charge in [0.25, 0.3) is 0 Å². The molecule has 0 aromatic heterocycles. The first-order valence-electron chi connectivity index (χ1n) is 7.26. The van der Waals surface area contributed by atoms with Gasteiger partial charge in [-0.1, -0.05) is 42.5 Å². The Labute approximate surface area is 136 Å². The van der Waals surface area contributed by atoms with Gasteiger partial charge in [0.2, 0.25) is 15.9 Å². The number of amides is 1. The van der Waals surface area contributed by atoms with E-state index in [2.05, 4.69) is 10.0 Å². The summed E-state index contributed by atoms with van der Waals surface area (Å²) in [6.45, 7) is 3.63. The third kappa shape index (κ3) is 4.91. The predicted molar refractivity (Wildman–Crippen MR) is 89.4 cm³/mol. The molecule has 2 aromatic carbocycles. The van der Waals surface area contributed by atoms with E-state index in [0.29, 0.717) is 12.1 Å². The van der Waals surface area contributed by atoms with Crippen LogP contribution in [0.2, 0.25) is 0 Å². The maximum Gasteiger partial charge on any atom is 0.241 e. The van der Waals surface area contributed by atoms with E-state index in [1.165, 1.54) is 0 Å². The zero-order valence-corrected chi connectivity index (χ0v) is 14.0. The van der Waals surface area contributed by atoms with Gasteiger partial charge < -0.3 is 5.32 Å². The van der Waals surface area contributed by atoms with E-state index in [1.54, 1.807) is 19.1 Å². The van der Waals surface area contributed by atoms with Crippen molar-refractivity contribution in [2.75, 3.05) is 6.54 Å². The van der Waals surface area contributed by atoms with Crippen molar-refractivity contribution in [2.24, 2.45) is 0 Å². The Bertz CT molecular complexity index is 787. The van der Waals surface area contributed by atoms with Gasteiger partial charge in [-0.05, 0) is 36.6 Å². The molecule has 0 spiro atoms. The van der Waals surface area contributed by atoms with Crippen LogP contribution in [-0.2, 0) is 21.4 Å². The molecular formula is C17H20N2O3S. The van der Waals surface area contributed by atoms with Crippen molar-refractivity contribution in [1.82, 2.24) is 10.0 Å². The lowest BCUT2D eigenvalue weighted by Gasteiger charge is -2.10. The van der Waals surface area contributed by atoms with E-state index in [9.17, 15) is 13.2 Å². The summed E-state index contributed by atoms with van der Waals surface area (Å²) in [5, 5.41) is 2.68. The smallest absolute Gasteiger partial charge is 0.241 e. The van der Waals surface area contributed by atoms with Crippen LogP contribution in [0.15, 0.2) is 53.4 Å². The first-order valence-corrected chi connectivity index (χ1v) is 8.74.